The number of rotatable bonds is 5. The number of nitrogens with zero attached hydrogens (tertiary/aromatic N) is 1. The molecule has 0 unspecified atom stereocenters. The van der Waals surface area contributed by atoms with Gasteiger partial charge in [-0.15, -0.1) is 0 Å². The minimum absolute atomic E-state index is 0.125. The van der Waals surface area contributed by atoms with E-state index < -0.39 is 35.1 Å². The lowest BCUT2D eigenvalue weighted by Crippen LogP contribution is -2.53. The lowest BCUT2D eigenvalue weighted by Gasteiger charge is -2.29. The van der Waals surface area contributed by atoms with Crippen molar-refractivity contribution < 1.29 is 23.9 Å². The third-order valence-corrected chi connectivity index (χ3v) is 6.90. The summed E-state index contributed by atoms with van der Waals surface area (Å²) in [5.74, 6) is -3.20. The van der Waals surface area contributed by atoms with Crippen LogP contribution in [-0.2, 0) is 26.3 Å². The van der Waals surface area contributed by atoms with Crippen molar-refractivity contribution in [2.75, 3.05) is 11.9 Å². The Morgan fingerprint density at radius 1 is 1.09 bits per heavy atom. The number of likely N-dealkylation sites (tertiary alicyclic amines) is 1. The highest BCUT2D eigenvalue weighted by molar-refractivity contribution is 6.15. The highest BCUT2D eigenvalue weighted by Gasteiger charge is 2.70. The van der Waals surface area contributed by atoms with Crippen molar-refractivity contribution in [1.82, 2.24) is 10.2 Å². The van der Waals surface area contributed by atoms with E-state index in [1.807, 2.05) is 6.92 Å². The number of anilines is 1. The Kier molecular flexibility index (Phi) is 4.78. The molecule has 0 aromatic heterocycles. The number of unbranched alkanes of at least 4 members (excludes halogenated alkanes) is 1. The van der Waals surface area contributed by atoms with Gasteiger partial charge in [0, 0.05) is 23.8 Å². The van der Waals surface area contributed by atoms with Gasteiger partial charge in [0.15, 0.2) is 0 Å². The Morgan fingerprint density at radius 2 is 1.84 bits per heavy atom. The number of hydrogen-bond donors (Lipinski definition) is 3. The normalized spacial score (nSPS) is 28.4. The van der Waals surface area contributed by atoms with E-state index in [9.17, 15) is 23.9 Å². The highest BCUT2D eigenvalue weighted by atomic mass is 19.1. The molecule has 2 aromatic carbocycles. The number of carbonyl (C=O) groups is 3. The second-order valence-corrected chi connectivity index (χ2v) is 8.76. The second kappa shape index (κ2) is 7.41. The maximum atomic E-state index is 14.2. The SMILES string of the molecule is CCCCN1C(=O)[C@@H]2[C@H](Cc3ccc(O)cc3)N[C@@]3(C(=O)Nc4ccc(F)cc43)[C@H]2C1=O. The fraction of sp³-hybridized carbons (Fsp3) is 0.375. The summed E-state index contributed by atoms with van der Waals surface area (Å²) in [5.41, 5.74) is 0.155. The van der Waals surface area contributed by atoms with Gasteiger partial charge < -0.3 is 10.4 Å². The number of carbonyl (C=O) groups excluding carboxylic acids is 3. The van der Waals surface area contributed by atoms with Crippen LogP contribution in [0.15, 0.2) is 42.5 Å². The molecular formula is C24H24FN3O4. The van der Waals surface area contributed by atoms with Crippen LogP contribution >= 0.6 is 0 Å². The molecule has 0 bridgehead atoms. The van der Waals surface area contributed by atoms with Crippen LogP contribution in [0.2, 0.25) is 0 Å². The summed E-state index contributed by atoms with van der Waals surface area (Å²) in [6.07, 6.45) is 1.88. The number of halogens is 1. The number of aromatic hydroxyl groups is 1. The molecule has 32 heavy (non-hydrogen) atoms. The summed E-state index contributed by atoms with van der Waals surface area (Å²) in [6.45, 7) is 2.28. The summed E-state index contributed by atoms with van der Waals surface area (Å²) in [6, 6.07) is 10.1. The molecule has 2 saturated heterocycles. The van der Waals surface area contributed by atoms with Crippen LogP contribution < -0.4 is 10.6 Å². The second-order valence-electron chi connectivity index (χ2n) is 8.76. The number of nitrogens with one attached hydrogen (secondary N) is 2. The van der Waals surface area contributed by atoms with Crippen LogP contribution in [0.25, 0.3) is 0 Å². The zero-order valence-electron chi connectivity index (χ0n) is 17.6. The van der Waals surface area contributed by atoms with E-state index in [0.29, 0.717) is 30.6 Å². The average molecular weight is 437 g/mol. The molecule has 3 heterocycles. The highest BCUT2D eigenvalue weighted by Crippen LogP contribution is 2.53. The number of amides is 3. The maximum absolute atomic E-state index is 14.2. The first-order chi connectivity index (χ1) is 15.4. The average Bonchev–Trinajstić information content (AvgIpc) is 3.34. The van der Waals surface area contributed by atoms with Crippen molar-refractivity contribution in [3.05, 3.63) is 59.4 Å². The minimum Gasteiger partial charge on any atom is -0.508 e. The van der Waals surface area contributed by atoms with Crippen molar-refractivity contribution in [3.8, 4) is 5.75 Å². The molecule has 0 aliphatic carbocycles. The molecule has 3 aliphatic heterocycles. The number of fused-ring (bicyclic) bond motifs is 4. The monoisotopic (exact) mass is 437 g/mol. The molecule has 3 N–H and O–H groups in total. The minimum atomic E-state index is -1.50. The predicted octanol–water partition coefficient (Wildman–Crippen LogP) is 2.29. The van der Waals surface area contributed by atoms with Crippen molar-refractivity contribution in [3.63, 3.8) is 0 Å². The summed E-state index contributed by atoms with van der Waals surface area (Å²) in [4.78, 5) is 41.5. The van der Waals surface area contributed by atoms with Crippen LogP contribution in [0.3, 0.4) is 0 Å². The Balaban J connectivity index is 1.61. The topological polar surface area (TPSA) is 98.7 Å². The van der Waals surface area contributed by atoms with E-state index >= 15 is 0 Å². The maximum Gasteiger partial charge on any atom is 0.250 e. The lowest BCUT2D eigenvalue weighted by atomic mass is 9.76. The first-order valence-corrected chi connectivity index (χ1v) is 10.9. The van der Waals surface area contributed by atoms with E-state index in [1.54, 1.807) is 24.3 Å². The first kappa shape index (κ1) is 20.6. The summed E-state index contributed by atoms with van der Waals surface area (Å²) in [7, 11) is 0. The van der Waals surface area contributed by atoms with Gasteiger partial charge in [-0.05, 0) is 48.7 Å². The van der Waals surface area contributed by atoms with Crippen LogP contribution in [0.4, 0.5) is 10.1 Å². The molecule has 0 radical (unpaired) electrons. The lowest BCUT2D eigenvalue weighted by molar-refractivity contribution is -0.142. The van der Waals surface area contributed by atoms with Crippen LogP contribution in [0.1, 0.15) is 30.9 Å². The van der Waals surface area contributed by atoms with Gasteiger partial charge in [-0.25, -0.2) is 4.39 Å². The fourth-order valence-electron chi connectivity index (χ4n) is 5.43. The molecule has 7 nitrogen and oxygen atoms in total. The number of phenols is 1. The number of hydrogen-bond acceptors (Lipinski definition) is 5. The van der Waals surface area contributed by atoms with Gasteiger partial charge in [-0.1, -0.05) is 25.5 Å². The van der Waals surface area contributed by atoms with Crippen molar-refractivity contribution >= 4 is 23.4 Å². The molecule has 2 aromatic rings. The van der Waals surface area contributed by atoms with Gasteiger partial charge >= 0.3 is 0 Å². The Labute approximate surface area is 184 Å². The molecule has 8 heteroatoms. The molecule has 4 atom stereocenters. The molecule has 1 spiro atoms. The molecular weight excluding hydrogens is 413 g/mol. The molecule has 0 saturated carbocycles. The predicted molar refractivity (Wildman–Crippen MR) is 114 cm³/mol. The van der Waals surface area contributed by atoms with Gasteiger partial charge in [0.1, 0.15) is 17.1 Å². The number of phenolic OH excluding ortho intramolecular Hbond substituents is 1. The molecule has 5 rings (SSSR count). The van der Waals surface area contributed by atoms with Crippen molar-refractivity contribution in [2.45, 2.75) is 37.8 Å². The first-order valence-electron chi connectivity index (χ1n) is 10.9. The Morgan fingerprint density at radius 3 is 2.56 bits per heavy atom. The molecule has 166 valence electrons. The quantitative estimate of drug-likeness (QED) is 0.624. The number of benzene rings is 2. The van der Waals surface area contributed by atoms with E-state index in [-0.39, 0.29) is 17.6 Å². The summed E-state index contributed by atoms with van der Waals surface area (Å²) in [5, 5.41) is 15.7. The van der Waals surface area contributed by atoms with Gasteiger partial charge in [0.2, 0.25) is 17.7 Å². The third-order valence-electron chi connectivity index (χ3n) is 6.90. The molecule has 3 amide bonds. The van der Waals surface area contributed by atoms with Gasteiger partial charge in [0.25, 0.3) is 0 Å². The number of imide groups is 1. The van der Waals surface area contributed by atoms with Crippen molar-refractivity contribution in [1.29, 1.82) is 0 Å². The van der Waals surface area contributed by atoms with Crippen molar-refractivity contribution in [2.24, 2.45) is 11.8 Å². The summed E-state index contributed by atoms with van der Waals surface area (Å²) < 4.78 is 14.2. The van der Waals surface area contributed by atoms with E-state index in [1.165, 1.54) is 23.1 Å². The van der Waals surface area contributed by atoms with E-state index in [2.05, 4.69) is 10.6 Å². The van der Waals surface area contributed by atoms with E-state index in [0.717, 1.165) is 12.0 Å². The Bertz CT molecular complexity index is 1120. The zero-order valence-corrected chi connectivity index (χ0v) is 17.6. The van der Waals surface area contributed by atoms with Gasteiger partial charge in [0.05, 0.1) is 11.8 Å². The summed E-state index contributed by atoms with van der Waals surface area (Å²) >= 11 is 0. The van der Waals surface area contributed by atoms with Crippen LogP contribution in [0, 0.1) is 17.7 Å². The van der Waals surface area contributed by atoms with Gasteiger partial charge in [-0.3, -0.25) is 24.6 Å². The largest absolute Gasteiger partial charge is 0.508 e. The molecule has 2 fully saturated rings. The van der Waals surface area contributed by atoms with Crippen LogP contribution in [-0.4, -0.2) is 40.3 Å². The Hall–Kier alpha value is -3.26. The van der Waals surface area contributed by atoms with Crippen LogP contribution in [0.5, 0.6) is 5.75 Å². The van der Waals surface area contributed by atoms with Gasteiger partial charge in [-0.2, -0.15) is 0 Å². The van der Waals surface area contributed by atoms with E-state index in [4.69, 9.17) is 0 Å². The molecule has 3 aliphatic rings. The fourth-order valence-corrected chi connectivity index (χ4v) is 5.43. The third kappa shape index (κ3) is 2.86. The standard InChI is InChI=1S/C24H24FN3O4/c1-2-3-10-28-21(30)19-18(11-13-4-7-15(29)8-5-13)27-24(20(19)22(28)31)16-12-14(25)6-9-17(16)26-23(24)32/h4-9,12,18-20,27,29H,2-3,10-11H2,1H3,(H,26,32)/t18-,19+,20+,24+/m0/s1. The smallest absolute Gasteiger partial charge is 0.250 e. The zero-order chi connectivity index (χ0) is 22.6.